The van der Waals surface area contributed by atoms with Crippen LogP contribution in [-0.2, 0) is 14.4 Å². The molecule has 2 aliphatic heterocycles. The predicted octanol–water partition coefficient (Wildman–Crippen LogP) is 1.77. The number of piperidine rings is 1. The second-order valence-electron chi connectivity index (χ2n) is 7.46. The van der Waals surface area contributed by atoms with Crippen molar-refractivity contribution in [1.29, 1.82) is 0 Å². The molecule has 1 aromatic rings. The summed E-state index contributed by atoms with van der Waals surface area (Å²) in [5.41, 5.74) is 0.575. The molecule has 0 saturated carbocycles. The van der Waals surface area contributed by atoms with E-state index in [0.717, 1.165) is 6.42 Å². The third kappa shape index (κ3) is 3.76. The largest absolute Gasteiger partial charge is 0.497 e. The number of carbonyl (C=O) groups excluding carboxylic acids is 2. The Hall–Kier alpha value is -2.77. The first kappa shape index (κ1) is 20.0. The Morgan fingerprint density at radius 2 is 1.96 bits per heavy atom. The summed E-state index contributed by atoms with van der Waals surface area (Å²) in [7, 11) is 3.05. The van der Waals surface area contributed by atoms with E-state index in [1.807, 2.05) is 6.92 Å². The normalized spacial score (nSPS) is 25.0. The molecule has 0 radical (unpaired) electrons. The van der Waals surface area contributed by atoms with E-state index < -0.39 is 17.9 Å². The highest BCUT2D eigenvalue weighted by molar-refractivity contribution is 6.01. The molecular formula is C20H26N2O6. The van der Waals surface area contributed by atoms with Crippen molar-refractivity contribution < 1.29 is 29.0 Å². The average Bonchev–Trinajstić information content (AvgIpc) is 3.08. The molecule has 0 aromatic heterocycles. The van der Waals surface area contributed by atoms with Crippen LogP contribution in [0.1, 0.15) is 26.2 Å². The Bertz CT molecular complexity index is 780. The summed E-state index contributed by atoms with van der Waals surface area (Å²) in [6.45, 7) is 2.61. The van der Waals surface area contributed by atoms with Crippen LogP contribution in [-0.4, -0.2) is 61.1 Å². The van der Waals surface area contributed by atoms with Gasteiger partial charge in [-0.15, -0.1) is 0 Å². The molecule has 2 fully saturated rings. The number of aliphatic carboxylic acids is 1. The van der Waals surface area contributed by atoms with Crippen LogP contribution in [0.3, 0.4) is 0 Å². The minimum Gasteiger partial charge on any atom is -0.497 e. The van der Waals surface area contributed by atoms with Crippen molar-refractivity contribution in [2.24, 2.45) is 11.8 Å². The van der Waals surface area contributed by atoms with Crippen LogP contribution in [0.5, 0.6) is 11.5 Å². The van der Waals surface area contributed by atoms with Crippen molar-refractivity contribution in [2.45, 2.75) is 32.2 Å². The first-order valence-electron chi connectivity index (χ1n) is 9.41. The van der Waals surface area contributed by atoms with E-state index in [0.29, 0.717) is 30.2 Å². The zero-order valence-corrected chi connectivity index (χ0v) is 16.4. The lowest BCUT2D eigenvalue weighted by Crippen LogP contribution is -2.52. The third-order valence-corrected chi connectivity index (χ3v) is 5.58. The Morgan fingerprint density at radius 1 is 1.21 bits per heavy atom. The fourth-order valence-electron chi connectivity index (χ4n) is 3.99. The highest BCUT2D eigenvalue weighted by Crippen LogP contribution is 2.36. The second-order valence-corrected chi connectivity index (χ2v) is 7.46. The molecule has 0 bridgehead atoms. The molecule has 2 amide bonds. The third-order valence-electron chi connectivity index (χ3n) is 5.58. The van der Waals surface area contributed by atoms with Gasteiger partial charge in [0.2, 0.25) is 11.8 Å². The average molecular weight is 390 g/mol. The van der Waals surface area contributed by atoms with E-state index in [4.69, 9.17) is 9.47 Å². The van der Waals surface area contributed by atoms with Crippen LogP contribution < -0.4 is 14.4 Å². The molecule has 2 heterocycles. The minimum absolute atomic E-state index is 0.0619. The molecular weight excluding hydrogens is 364 g/mol. The highest BCUT2D eigenvalue weighted by atomic mass is 16.5. The number of nitrogens with zero attached hydrogens (tertiary/aromatic N) is 2. The van der Waals surface area contributed by atoms with Gasteiger partial charge in [0.25, 0.3) is 0 Å². The molecule has 1 aromatic carbocycles. The summed E-state index contributed by atoms with van der Waals surface area (Å²) in [5, 5.41) is 9.52. The Balaban J connectivity index is 1.79. The number of anilines is 1. The van der Waals surface area contributed by atoms with Crippen LogP contribution in [0.15, 0.2) is 18.2 Å². The van der Waals surface area contributed by atoms with Crippen molar-refractivity contribution >= 4 is 23.5 Å². The standard InChI is InChI=1S/C20H26N2O6/c1-12-6-7-21(16(8-12)20(25)26)19(24)13-9-18(23)22(11-13)15-5-4-14(27-2)10-17(15)28-3/h4-5,10,12-13,16H,6-9,11H2,1-3H3,(H,25,26). The molecule has 0 spiro atoms. The number of amides is 2. The van der Waals surface area contributed by atoms with Crippen LogP contribution in [0, 0.1) is 11.8 Å². The van der Waals surface area contributed by atoms with Gasteiger partial charge in [0.1, 0.15) is 17.5 Å². The molecule has 0 aliphatic carbocycles. The summed E-state index contributed by atoms with van der Waals surface area (Å²) in [6.07, 6.45) is 1.27. The zero-order valence-electron chi connectivity index (χ0n) is 16.4. The summed E-state index contributed by atoms with van der Waals surface area (Å²) in [6, 6.07) is 4.32. The van der Waals surface area contributed by atoms with Crippen LogP contribution >= 0.6 is 0 Å². The van der Waals surface area contributed by atoms with Crippen molar-refractivity contribution in [2.75, 3.05) is 32.2 Å². The number of likely N-dealkylation sites (tertiary alicyclic amines) is 1. The lowest BCUT2D eigenvalue weighted by atomic mass is 9.91. The fraction of sp³-hybridized carbons (Fsp3) is 0.550. The van der Waals surface area contributed by atoms with Gasteiger partial charge in [-0.25, -0.2) is 4.79 Å². The number of methoxy groups -OCH3 is 2. The molecule has 8 nitrogen and oxygen atoms in total. The molecule has 3 rings (SSSR count). The van der Waals surface area contributed by atoms with Gasteiger partial charge < -0.3 is 24.4 Å². The molecule has 1 N–H and O–H groups in total. The Morgan fingerprint density at radius 3 is 2.61 bits per heavy atom. The SMILES string of the molecule is COc1ccc(N2CC(C(=O)N3CCC(C)CC3C(=O)O)CC2=O)c(OC)c1. The number of hydrogen-bond acceptors (Lipinski definition) is 5. The molecule has 3 unspecified atom stereocenters. The summed E-state index contributed by atoms with van der Waals surface area (Å²) < 4.78 is 10.6. The van der Waals surface area contributed by atoms with E-state index in [1.165, 1.54) is 16.9 Å². The second kappa shape index (κ2) is 8.08. The molecule has 2 saturated heterocycles. The van der Waals surface area contributed by atoms with Gasteiger partial charge in [0.15, 0.2) is 0 Å². The van der Waals surface area contributed by atoms with Gasteiger partial charge in [0.05, 0.1) is 25.8 Å². The number of ether oxygens (including phenoxy) is 2. The number of rotatable bonds is 5. The Kier molecular flexibility index (Phi) is 5.76. The van der Waals surface area contributed by atoms with E-state index >= 15 is 0 Å². The van der Waals surface area contributed by atoms with Crippen LogP contribution in [0.2, 0.25) is 0 Å². The van der Waals surface area contributed by atoms with Crippen molar-refractivity contribution in [3.63, 3.8) is 0 Å². The lowest BCUT2D eigenvalue weighted by molar-refractivity contribution is -0.154. The van der Waals surface area contributed by atoms with Gasteiger partial charge in [0, 0.05) is 25.6 Å². The van der Waals surface area contributed by atoms with E-state index in [2.05, 4.69) is 0 Å². The summed E-state index contributed by atoms with van der Waals surface area (Å²) in [5.74, 6) is -0.646. The number of carboxylic acids is 1. The van der Waals surface area contributed by atoms with Crippen molar-refractivity contribution in [3.05, 3.63) is 18.2 Å². The number of carboxylic acid groups (broad SMARTS) is 1. The Labute approximate surface area is 164 Å². The quantitative estimate of drug-likeness (QED) is 0.823. The number of carbonyl (C=O) groups is 3. The predicted molar refractivity (Wildman–Crippen MR) is 102 cm³/mol. The van der Waals surface area contributed by atoms with Gasteiger partial charge >= 0.3 is 5.97 Å². The summed E-state index contributed by atoms with van der Waals surface area (Å²) >= 11 is 0. The maximum Gasteiger partial charge on any atom is 0.326 e. The maximum absolute atomic E-state index is 13.0. The zero-order chi connectivity index (χ0) is 20.4. The monoisotopic (exact) mass is 390 g/mol. The number of benzene rings is 1. The smallest absolute Gasteiger partial charge is 0.326 e. The van der Waals surface area contributed by atoms with Gasteiger partial charge in [-0.3, -0.25) is 9.59 Å². The van der Waals surface area contributed by atoms with Crippen LogP contribution in [0.4, 0.5) is 5.69 Å². The van der Waals surface area contributed by atoms with Gasteiger partial charge in [-0.05, 0) is 30.9 Å². The number of hydrogen-bond donors (Lipinski definition) is 1. The van der Waals surface area contributed by atoms with Crippen molar-refractivity contribution in [3.8, 4) is 11.5 Å². The lowest BCUT2D eigenvalue weighted by Gasteiger charge is -2.37. The molecule has 8 heteroatoms. The molecule has 3 atom stereocenters. The van der Waals surface area contributed by atoms with E-state index in [9.17, 15) is 19.5 Å². The molecule has 152 valence electrons. The van der Waals surface area contributed by atoms with Crippen molar-refractivity contribution in [1.82, 2.24) is 4.90 Å². The van der Waals surface area contributed by atoms with E-state index in [1.54, 1.807) is 25.3 Å². The van der Waals surface area contributed by atoms with E-state index in [-0.39, 0.29) is 30.7 Å². The molecule has 2 aliphatic rings. The minimum atomic E-state index is -0.988. The maximum atomic E-state index is 13.0. The first-order chi connectivity index (χ1) is 13.3. The first-order valence-corrected chi connectivity index (χ1v) is 9.41. The highest BCUT2D eigenvalue weighted by Gasteiger charge is 2.42. The topological polar surface area (TPSA) is 96.4 Å². The summed E-state index contributed by atoms with van der Waals surface area (Å²) in [4.78, 5) is 40.2. The molecule has 28 heavy (non-hydrogen) atoms. The van der Waals surface area contributed by atoms with Gasteiger partial charge in [-0.1, -0.05) is 6.92 Å². The van der Waals surface area contributed by atoms with Crippen LogP contribution in [0.25, 0.3) is 0 Å². The van der Waals surface area contributed by atoms with Gasteiger partial charge in [-0.2, -0.15) is 0 Å². The fourth-order valence-corrected chi connectivity index (χ4v) is 3.99.